The van der Waals surface area contributed by atoms with Gasteiger partial charge in [-0.3, -0.25) is 0 Å². The Morgan fingerprint density at radius 2 is 2.05 bits per heavy atom. The van der Waals surface area contributed by atoms with Crippen LogP contribution in [0, 0.1) is 0 Å². The van der Waals surface area contributed by atoms with Crippen LogP contribution < -0.4 is 5.32 Å². The predicted molar refractivity (Wildman–Crippen MR) is 75.6 cm³/mol. The van der Waals surface area contributed by atoms with Crippen molar-refractivity contribution in [3.8, 4) is 5.69 Å². The highest BCUT2D eigenvalue weighted by Crippen LogP contribution is 2.16. The number of aromatic nitrogens is 3. The molecule has 0 aliphatic carbocycles. The lowest BCUT2D eigenvalue weighted by Gasteiger charge is -2.11. The van der Waals surface area contributed by atoms with Crippen molar-refractivity contribution < 1.29 is 4.42 Å². The maximum absolute atomic E-state index is 5.38. The SMILES string of the molecule is CNC(Cc1ccco1)c1cnn(-c2ccccc2)n1. The molecule has 0 saturated carbocycles. The zero-order valence-corrected chi connectivity index (χ0v) is 11.2. The van der Waals surface area contributed by atoms with Gasteiger partial charge in [-0.15, -0.1) is 0 Å². The van der Waals surface area contributed by atoms with E-state index in [0.717, 1.165) is 23.6 Å². The Morgan fingerprint density at radius 3 is 2.75 bits per heavy atom. The molecule has 0 spiro atoms. The van der Waals surface area contributed by atoms with E-state index in [9.17, 15) is 0 Å². The number of furan rings is 1. The number of hydrogen-bond donors (Lipinski definition) is 1. The number of benzene rings is 1. The van der Waals surface area contributed by atoms with Gasteiger partial charge < -0.3 is 9.73 Å². The molecule has 2 aromatic heterocycles. The normalized spacial score (nSPS) is 12.4. The number of rotatable bonds is 5. The molecule has 0 fully saturated rings. The van der Waals surface area contributed by atoms with Crippen LogP contribution in [-0.2, 0) is 6.42 Å². The van der Waals surface area contributed by atoms with Crippen LogP contribution in [0.4, 0.5) is 0 Å². The zero-order valence-electron chi connectivity index (χ0n) is 11.2. The Bertz CT molecular complexity index is 646. The first-order chi connectivity index (χ1) is 9.86. The molecular formula is C15H16N4O. The van der Waals surface area contributed by atoms with E-state index in [1.807, 2.05) is 49.5 Å². The molecule has 5 nitrogen and oxygen atoms in total. The zero-order chi connectivity index (χ0) is 13.8. The molecule has 0 aliphatic rings. The fourth-order valence-corrected chi connectivity index (χ4v) is 2.10. The molecule has 0 amide bonds. The van der Waals surface area contributed by atoms with Crippen LogP contribution in [0.25, 0.3) is 5.69 Å². The molecule has 2 heterocycles. The number of hydrogen-bond acceptors (Lipinski definition) is 4. The molecule has 5 heteroatoms. The third kappa shape index (κ3) is 2.62. The predicted octanol–water partition coefficient (Wildman–Crippen LogP) is 2.36. The van der Waals surface area contributed by atoms with E-state index >= 15 is 0 Å². The molecule has 3 aromatic rings. The molecule has 1 unspecified atom stereocenters. The maximum Gasteiger partial charge on any atom is 0.105 e. The second-order valence-electron chi connectivity index (χ2n) is 4.52. The number of likely N-dealkylation sites (N-methyl/N-ethyl adjacent to an activating group) is 1. The molecular weight excluding hydrogens is 252 g/mol. The van der Waals surface area contributed by atoms with Crippen LogP contribution in [0.15, 0.2) is 59.3 Å². The summed E-state index contributed by atoms with van der Waals surface area (Å²) in [4.78, 5) is 1.64. The second kappa shape index (κ2) is 5.71. The Morgan fingerprint density at radius 1 is 1.20 bits per heavy atom. The lowest BCUT2D eigenvalue weighted by atomic mass is 10.1. The van der Waals surface area contributed by atoms with Gasteiger partial charge in [0.1, 0.15) is 11.5 Å². The molecule has 0 bridgehead atoms. The fourth-order valence-electron chi connectivity index (χ4n) is 2.10. The summed E-state index contributed by atoms with van der Waals surface area (Å²) >= 11 is 0. The Kier molecular flexibility index (Phi) is 3.60. The lowest BCUT2D eigenvalue weighted by Crippen LogP contribution is -2.19. The highest BCUT2D eigenvalue weighted by Gasteiger charge is 2.15. The van der Waals surface area contributed by atoms with E-state index < -0.39 is 0 Å². The summed E-state index contributed by atoms with van der Waals surface area (Å²) in [6.45, 7) is 0. The van der Waals surface area contributed by atoms with Crippen molar-refractivity contribution in [2.45, 2.75) is 12.5 Å². The van der Waals surface area contributed by atoms with E-state index in [4.69, 9.17) is 4.42 Å². The van der Waals surface area contributed by atoms with Gasteiger partial charge >= 0.3 is 0 Å². The van der Waals surface area contributed by atoms with Gasteiger partial charge in [0.2, 0.25) is 0 Å². The summed E-state index contributed by atoms with van der Waals surface area (Å²) in [6, 6.07) is 13.8. The summed E-state index contributed by atoms with van der Waals surface area (Å²) in [5.41, 5.74) is 1.85. The third-order valence-corrected chi connectivity index (χ3v) is 3.19. The molecule has 0 aliphatic heterocycles. The van der Waals surface area contributed by atoms with Crippen LogP contribution in [0.1, 0.15) is 17.5 Å². The van der Waals surface area contributed by atoms with E-state index in [2.05, 4.69) is 15.5 Å². The van der Waals surface area contributed by atoms with Gasteiger partial charge in [-0.1, -0.05) is 18.2 Å². The average Bonchev–Trinajstić information content (AvgIpc) is 3.17. The molecule has 102 valence electrons. The van der Waals surface area contributed by atoms with Crippen molar-refractivity contribution in [1.29, 1.82) is 0 Å². The van der Waals surface area contributed by atoms with Gasteiger partial charge in [0.05, 0.1) is 24.2 Å². The summed E-state index contributed by atoms with van der Waals surface area (Å²) in [5.74, 6) is 0.929. The van der Waals surface area contributed by atoms with E-state index in [1.165, 1.54) is 0 Å². The van der Waals surface area contributed by atoms with Crippen LogP contribution >= 0.6 is 0 Å². The molecule has 0 radical (unpaired) electrons. The maximum atomic E-state index is 5.38. The van der Waals surface area contributed by atoms with Crippen LogP contribution in [0.3, 0.4) is 0 Å². The van der Waals surface area contributed by atoms with E-state index in [-0.39, 0.29) is 6.04 Å². The first-order valence-electron chi connectivity index (χ1n) is 6.54. The Labute approximate surface area is 117 Å². The summed E-state index contributed by atoms with van der Waals surface area (Å²) in [6.07, 6.45) is 4.22. The number of para-hydroxylation sites is 1. The van der Waals surface area contributed by atoms with Crippen molar-refractivity contribution in [3.63, 3.8) is 0 Å². The first kappa shape index (κ1) is 12.6. The number of nitrogens with zero attached hydrogens (tertiary/aromatic N) is 3. The average molecular weight is 268 g/mol. The topological polar surface area (TPSA) is 55.9 Å². The van der Waals surface area contributed by atoms with Gasteiger partial charge in [-0.2, -0.15) is 15.0 Å². The largest absolute Gasteiger partial charge is 0.469 e. The van der Waals surface area contributed by atoms with Gasteiger partial charge in [-0.25, -0.2) is 0 Å². The molecule has 20 heavy (non-hydrogen) atoms. The van der Waals surface area contributed by atoms with Gasteiger partial charge in [0.15, 0.2) is 0 Å². The Balaban J connectivity index is 1.81. The van der Waals surface area contributed by atoms with E-state index in [1.54, 1.807) is 17.3 Å². The smallest absolute Gasteiger partial charge is 0.105 e. The minimum absolute atomic E-state index is 0.0820. The molecule has 0 saturated heterocycles. The summed E-state index contributed by atoms with van der Waals surface area (Å²) < 4.78 is 5.38. The first-order valence-corrected chi connectivity index (χ1v) is 6.54. The summed E-state index contributed by atoms with van der Waals surface area (Å²) in [7, 11) is 1.91. The van der Waals surface area contributed by atoms with Crippen molar-refractivity contribution in [1.82, 2.24) is 20.3 Å². The van der Waals surface area contributed by atoms with Crippen molar-refractivity contribution >= 4 is 0 Å². The van der Waals surface area contributed by atoms with Crippen molar-refractivity contribution in [2.75, 3.05) is 7.05 Å². The van der Waals surface area contributed by atoms with Gasteiger partial charge in [0.25, 0.3) is 0 Å². The standard InChI is InChI=1S/C15H16N4O/c1-16-14(10-13-8-5-9-20-13)15-11-17-19(18-15)12-6-3-2-4-7-12/h2-9,11,14,16H,10H2,1H3. The quantitative estimate of drug-likeness (QED) is 0.771. The number of nitrogens with one attached hydrogen (secondary N) is 1. The molecule has 1 N–H and O–H groups in total. The lowest BCUT2D eigenvalue weighted by molar-refractivity contribution is 0.460. The van der Waals surface area contributed by atoms with Crippen LogP contribution in [0.2, 0.25) is 0 Å². The molecule has 1 atom stereocenters. The van der Waals surface area contributed by atoms with E-state index in [0.29, 0.717) is 0 Å². The highest BCUT2D eigenvalue weighted by molar-refractivity contribution is 5.28. The fraction of sp³-hybridized carbons (Fsp3) is 0.200. The summed E-state index contributed by atoms with van der Waals surface area (Å²) in [5, 5.41) is 12.1. The molecule has 3 rings (SSSR count). The third-order valence-electron chi connectivity index (χ3n) is 3.19. The molecule has 1 aromatic carbocycles. The van der Waals surface area contributed by atoms with Crippen LogP contribution in [-0.4, -0.2) is 22.0 Å². The Hall–Kier alpha value is -2.40. The van der Waals surface area contributed by atoms with Gasteiger partial charge in [-0.05, 0) is 31.3 Å². The van der Waals surface area contributed by atoms with Crippen molar-refractivity contribution in [2.24, 2.45) is 0 Å². The minimum atomic E-state index is 0.0820. The second-order valence-corrected chi connectivity index (χ2v) is 4.52. The highest BCUT2D eigenvalue weighted by atomic mass is 16.3. The van der Waals surface area contributed by atoms with Crippen molar-refractivity contribution in [3.05, 3.63) is 66.4 Å². The van der Waals surface area contributed by atoms with Gasteiger partial charge in [0, 0.05) is 6.42 Å². The monoisotopic (exact) mass is 268 g/mol. The minimum Gasteiger partial charge on any atom is -0.469 e. The van der Waals surface area contributed by atoms with Crippen LogP contribution in [0.5, 0.6) is 0 Å².